The third-order valence-electron chi connectivity index (χ3n) is 3.36. The van der Waals surface area contributed by atoms with Crippen molar-refractivity contribution in [2.24, 2.45) is 0 Å². The molecule has 3 rings (SSSR count). The molecule has 0 bridgehead atoms. The monoisotopic (exact) mass is 256 g/mol. The van der Waals surface area contributed by atoms with Gasteiger partial charge in [-0.25, -0.2) is 0 Å². The molecule has 1 unspecified atom stereocenters. The van der Waals surface area contributed by atoms with Crippen LogP contribution in [0, 0.1) is 0 Å². The third-order valence-corrected chi connectivity index (χ3v) is 3.36. The second kappa shape index (κ2) is 5.33. The minimum atomic E-state index is 0.0596. The summed E-state index contributed by atoms with van der Waals surface area (Å²) in [6, 6.07) is 15.6. The zero-order chi connectivity index (χ0) is 13.1. The molecule has 0 spiro atoms. The number of aliphatic hydroxyl groups excluding tert-OH is 1. The van der Waals surface area contributed by atoms with Crippen molar-refractivity contribution in [1.82, 2.24) is 0 Å². The number of hydrogen-bond donors (Lipinski definition) is 1. The van der Waals surface area contributed by atoms with Gasteiger partial charge in [-0.3, -0.25) is 0 Å². The molecule has 0 radical (unpaired) electrons. The Morgan fingerprint density at radius 2 is 1.89 bits per heavy atom. The molecule has 0 saturated heterocycles. The summed E-state index contributed by atoms with van der Waals surface area (Å²) in [7, 11) is 0. The number of rotatable bonds is 4. The van der Waals surface area contributed by atoms with E-state index < -0.39 is 0 Å². The first-order valence-electron chi connectivity index (χ1n) is 6.41. The van der Waals surface area contributed by atoms with Crippen LogP contribution in [0.2, 0.25) is 0 Å². The summed E-state index contributed by atoms with van der Waals surface area (Å²) in [6.45, 7) is 1.34. The van der Waals surface area contributed by atoms with Crippen LogP contribution in [0.4, 0.5) is 0 Å². The number of aliphatic hydroxyl groups is 1. The smallest absolute Gasteiger partial charge is 0.123 e. The van der Waals surface area contributed by atoms with E-state index in [1.165, 1.54) is 5.56 Å². The highest BCUT2D eigenvalue weighted by atomic mass is 16.5. The van der Waals surface area contributed by atoms with E-state index in [1.54, 1.807) is 0 Å². The average molecular weight is 256 g/mol. The summed E-state index contributed by atoms with van der Waals surface area (Å²) in [5.41, 5.74) is 2.11. The maximum atomic E-state index is 8.98. The van der Waals surface area contributed by atoms with Crippen molar-refractivity contribution in [1.29, 1.82) is 0 Å². The second-order valence-corrected chi connectivity index (χ2v) is 4.66. The lowest BCUT2D eigenvalue weighted by molar-refractivity contribution is 0.248. The molecule has 1 atom stereocenters. The van der Waals surface area contributed by atoms with Gasteiger partial charge in [-0.1, -0.05) is 30.3 Å². The molecule has 0 aliphatic carbocycles. The molecule has 1 aliphatic rings. The van der Waals surface area contributed by atoms with Gasteiger partial charge >= 0.3 is 0 Å². The maximum absolute atomic E-state index is 8.98. The molecule has 0 saturated carbocycles. The van der Waals surface area contributed by atoms with E-state index in [2.05, 4.69) is 6.07 Å². The standard InChI is InChI=1S/C16H16O3/c17-9-12-5-7-14(8-6-12)18-10-13-11-19-16-4-2-1-3-15(13)16/h1-8,13,17H,9-11H2. The van der Waals surface area contributed by atoms with Crippen molar-refractivity contribution in [3.63, 3.8) is 0 Å². The van der Waals surface area contributed by atoms with Gasteiger partial charge in [0.15, 0.2) is 0 Å². The SMILES string of the molecule is OCc1ccc(OCC2COc3ccccc32)cc1. The van der Waals surface area contributed by atoms with Crippen LogP contribution in [0.1, 0.15) is 17.0 Å². The molecule has 0 aromatic heterocycles. The molecule has 1 N–H and O–H groups in total. The fourth-order valence-corrected chi connectivity index (χ4v) is 2.26. The summed E-state index contributed by atoms with van der Waals surface area (Å²) in [5, 5.41) is 8.98. The lowest BCUT2D eigenvalue weighted by Crippen LogP contribution is -2.11. The molecule has 1 aliphatic heterocycles. The highest BCUT2D eigenvalue weighted by Crippen LogP contribution is 2.33. The highest BCUT2D eigenvalue weighted by Gasteiger charge is 2.23. The minimum Gasteiger partial charge on any atom is -0.493 e. The van der Waals surface area contributed by atoms with Crippen LogP contribution in [0.15, 0.2) is 48.5 Å². The van der Waals surface area contributed by atoms with Crippen LogP contribution in [0.5, 0.6) is 11.5 Å². The normalized spacial score (nSPS) is 16.8. The van der Waals surface area contributed by atoms with E-state index in [4.69, 9.17) is 14.6 Å². The van der Waals surface area contributed by atoms with Gasteiger partial charge in [0.25, 0.3) is 0 Å². The number of para-hydroxylation sites is 1. The lowest BCUT2D eigenvalue weighted by Gasteiger charge is -2.11. The first-order valence-corrected chi connectivity index (χ1v) is 6.41. The van der Waals surface area contributed by atoms with Crippen LogP contribution in [0.25, 0.3) is 0 Å². The van der Waals surface area contributed by atoms with Crippen molar-refractivity contribution >= 4 is 0 Å². The molecule has 1 heterocycles. The van der Waals surface area contributed by atoms with Gasteiger partial charge in [0, 0.05) is 5.56 Å². The Kier molecular flexibility index (Phi) is 3.38. The van der Waals surface area contributed by atoms with Gasteiger partial charge in [-0.2, -0.15) is 0 Å². The van der Waals surface area contributed by atoms with E-state index >= 15 is 0 Å². The predicted molar refractivity (Wildman–Crippen MR) is 72.5 cm³/mol. The van der Waals surface area contributed by atoms with Gasteiger partial charge in [-0.05, 0) is 23.8 Å². The Labute approximate surface area is 112 Å². The highest BCUT2D eigenvalue weighted by molar-refractivity contribution is 5.39. The zero-order valence-electron chi connectivity index (χ0n) is 10.6. The molecule has 98 valence electrons. The molecule has 19 heavy (non-hydrogen) atoms. The number of benzene rings is 2. The fraction of sp³-hybridized carbons (Fsp3) is 0.250. The van der Waals surface area contributed by atoms with Crippen LogP contribution in [-0.4, -0.2) is 18.3 Å². The summed E-state index contributed by atoms with van der Waals surface area (Å²) >= 11 is 0. The fourth-order valence-electron chi connectivity index (χ4n) is 2.26. The van der Waals surface area contributed by atoms with Gasteiger partial charge < -0.3 is 14.6 Å². The molecular weight excluding hydrogens is 240 g/mol. The third kappa shape index (κ3) is 2.56. The van der Waals surface area contributed by atoms with Crippen molar-refractivity contribution in [3.05, 3.63) is 59.7 Å². The molecule has 3 heteroatoms. The minimum absolute atomic E-state index is 0.0596. The van der Waals surface area contributed by atoms with E-state index in [0.29, 0.717) is 13.2 Å². The largest absolute Gasteiger partial charge is 0.493 e. The van der Waals surface area contributed by atoms with Crippen LogP contribution in [-0.2, 0) is 6.61 Å². The van der Waals surface area contributed by atoms with E-state index in [-0.39, 0.29) is 12.5 Å². The lowest BCUT2D eigenvalue weighted by atomic mass is 10.0. The Morgan fingerprint density at radius 3 is 2.68 bits per heavy atom. The molecule has 0 fully saturated rings. The van der Waals surface area contributed by atoms with Crippen molar-refractivity contribution in [2.45, 2.75) is 12.5 Å². The molecule has 2 aromatic carbocycles. The van der Waals surface area contributed by atoms with Gasteiger partial charge in [0.05, 0.1) is 25.7 Å². The van der Waals surface area contributed by atoms with Crippen LogP contribution < -0.4 is 9.47 Å². The molecule has 3 nitrogen and oxygen atoms in total. The Hall–Kier alpha value is -2.00. The Balaban J connectivity index is 1.64. The van der Waals surface area contributed by atoms with Crippen LogP contribution in [0.3, 0.4) is 0 Å². The summed E-state index contributed by atoms with van der Waals surface area (Å²) in [5.74, 6) is 2.07. The zero-order valence-corrected chi connectivity index (χ0v) is 10.6. The maximum Gasteiger partial charge on any atom is 0.123 e. The Bertz CT molecular complexity index is 548. The number of fused-ring (bicyclic) bond motifs is 1. The average Bonchev–Trinajstić information content (AvgIpc) is 2.89. The summed E-state index contributed by atoms with van der Waals surface area (Å²) in [6.07, 6.45) is 0. The number of hydrogen-bond acceptors (Lipinski definition) is 3. The first kappa shape index (κ1) is 12.1. The van der Waals surface area contributed by atoms with Crippen LogP contribution >= 0.6 is 0 Å². The van der Waals surface area contributed by atoms with Gasteiger partial charge in [-0.15, -0.1) is 0 Å². The second-order valence-electron chi connectivity index (χ2n) is 4.66. The molecule has 0 amide bonds. The first-order chi connectivity index (χ1) is 9.36. The van der Waals surface area contributed by atoms with Crippen molar-refractivity contribution in [2.75, 3.05) is 13.2 Å². The molecular formula is C16H16O3. The van der Waals surface area contributed by atoms with E-state index in [0.717, 1.165) is 17.1 Å². The van der Waals surface area contributed by atoms with Gasteiger partial charge in [0.2, 0.25) is 0 Å². The van der Waals surface area contributed by atoms with Gasteiger partial charge in [0.1, 0.15) is 11.5 Å². The Morgan fingerprint density at radius 1 is 1.11 bits per heavy atom. The summed E-state index contributed by atoms with van der Waals surface area (Å²) in [4.78, 5) is 0. The predicted octanol–water partition coefficient (Wildman–Crippen LogP) is 2.73. The summed E-state index contributed by atoms with van der Waals surface area (Å²) < 4.78 is 11.4. The van der Waals surface area contributed by atoms with E-state index in [1.807, 2.05) is 42.5 Å². The quantitative estimate of drug-likeness (QED) is 0.914. The van der Waals surface area contributed by atoms with Crippen molar-refractivity contribution < 1.29 is 14.6 Å². The molecule has 2 aromatic rings. The number of ether oxygens (including phenoxy) is 2. The topological polar surface area (TPSA) is 38.7 Å². The van der Waals surface area contributed by atoms with Crippen molar-refractivity contribution in [3.8, 4) is 11.5 Å². The van der Waals surface area contributed by atoms with E-state index in [9.17, 15) is 0 Å².